The Morgan fingerprint density at radius 3 is 1.62 bits per heavy atom. The van der Waals surface area contributed by atoms with Gasteiger partial charge in [-0.3, -0.25) is 0 Å². The molecule has 0 atom stereocenters. The van der Waals surface area contributed by atoms with Crippen LogP contribution in [0.4, 0.5) is 0 Å². The highest BCUT2D eigenvalue weighted by molar-refractivity contribution is 4.36. The van der Waals surface area contributed by atoms with Crippen LogP contribution in [0.2, 0.25) is 0 Å². The summed E-state index contributed by atoms with van der Waals surface area (Å²) in [7, 11) is 5.73. The molecule has 0 aliphatic heterocycles. The van der Waals surface area contributed by atoms with Gasteiger partial charge in [0.1, 0.15) is 13.1 Å². The van der Waals surface area contributed by atoms with Crippen molar-refractivity contribution < 1.29 is 37.9 Å². The van der Waals surface area contributed by atoms with E-state index in [2.05, 4.69) is 14.0 Å². The molecule has 0 saturated heterocycles. The molecule has 0 heterocycles. The molecule has 0 saturated carbocycles. The highest BCUT2D eigenvalue weighted by Gasteiger charge is 2.17. The average Bonchev–Trinajstić information content (AvgIpc) is 2.11. The predicted octanol–water partition coefficient (Wildman–Crippen LogP) is -2.25. The molecule has 3 nitrogen and oxygen atoms in total. The van der Waals surface area contributed by atoms with Gasteiger partial charge in [-0.2, -0.15) is 0 Å². The Morgan fingerprint density at radius 2 is 1.38 bits per heavy atom. The van der Waals surface area contributed by atoms with Gasteiger partial charge < -0.3 is 37.9 Å². The van der Waals surface area contributed by atoms with E-state index in [9.17, 15) is 0 Å². The quantitative estimate of drug-likeness (QED) is 0.391. The molecule has 4 heteroatoms. The molecule has 0 aliphatic carbocycles. The first-order valence-electron chi connectivity index (χ1n) is 4.50. The van der Waals surface area contributed by atoms with E-state index in [1.807, 2.05) is 0 Å². The lowest BCUT2D eigenvalue weighted by atomic mass is 10.4. The molecule has 0 unspecified atom stereocenters. The first-order valence-corrected chi connectivity index (χ1v) is 4.50. The number of halogens is 1. The third kappa shape index (κ3) is 7.66. The first-order chi connectivity index (χ1) is 5.68. The molecular formula is C9H22INO2. The molecule has 82 valence electrons. The lowest BCUT2D eigenvalue weighted by Crippen LogP contribution is -3.00. The fraction of sp³-hybridized carbons (Fsp3) is 1.00. The van der Waals surface area contributed by atoms with Crippen LogP contribution in [-0.2, 0) is 9.47 Å². The Bertz CT molecular complexity index is 104. The highest BCUT2D eigenvalue weighted by Crippen LogP contribution is 2.00. The van der Waals surface area contributed by atoms with E-state index in [1.54, 1.807) is 14.2 Å². The van der Waals surface area contributed by atoms with E-state index in [0.29, 0.717) is 0 Å². The largest absolute Gasteiger partial charge is 1.00 e. The molecular weight excluding hydrogens is 281 g/mol. The summed E-state index contributed by atoms with van der Waals surface area (Å²) in [5, 5.41) is 0. The molecule has 0 bridgehead atoms. The van der Waals surface area contributed by atoms with Gasteiger partial charge in [0, 0.05) is 14.2 Å². The SMILES string of the molecule is CC[N+](C)(CCOC)CCOC.[I-]. The van der Waals surface area contributed by atoms with Gasteiger partial charge in [0.2, 0.25) is 0 Å². The van der Waals surface area contributed by atoms with Crippen LogP contribution >= 0.6 is 0 Å². The van der Waals surface area contributed by atoms with Crippen LogP contribution in [-0.4, -0.2) is 58.6 Å². The molecule has 0 aliphatic rings. The van der Waals surface area contributed by atoms with Crippen LogP contribution in [0.15, 0.2) is 0 Å². The predicted molar refractivity (Wildman–Crippen MR) is 50.2 cm³/mol. The molecule has 0 aromatic heterocycles. The zero-order valence-corrected chi connectivity index (χ0v) is 11.3. The molecule has 0 fully saturated rings. The minimum absolute atomic E-state index is 0. The first kappa shape index (κ1) is 16.1. The molecule has 0 spiro atoms. The van der Waals surface area contributed by atoms with Crippen molar-refractivity contribution in [1.29, 1.82) is 0 Å². The third-order valence-corrected chi connectivity index (χ3v) is 2.43. The summed E-state index contributed by atoms with van der Waals surface area (Å²) in [4.78, 5) is 0. The number of methoxy groups -OCH3 is 2. The lowest BCUT2D eigenvalue weighted by Gasteiger charge is -2.32. The van der Waals surface area contributed by atoms with Crippen molar-refractivity contribution in [3.63, 3.8) is 0 Å². The molecule has 0 amide bonds. The fourth-order valence-corrected chi connectivity index (χ4v) is 1.05. The van der Waals surface area contributed by atoms with Gasteiger partial charge >= 0.3 is 0 Å². The molecule has 13 heavy (non-hydrogen) atoms. The van der Waals surface area contributed by atoms with Crippen molar-refractivity contribution in [3.05, 3.63) is 0 Å². The van der Waals surface area contributed by atoms with Gasteiger partial charge in [-0.15, -0.1) is 0 Å². The van der Waals surface area contributed by atoms with Gasteiger partial charge in [-0.25, -0.2) is 0 Å². The average molecular weight is 303 g/mol. The van der Waals surface area contributed by atoms with Crippen molar-refractivity contribution in [3.8, 4) is 0 Å². The maximum Gasteiger partial charge on any atom is 0.102 e. The van der Waals surface area contributed by atoms with Crippen molar-refractivity contribution in [2.45, 2.75) is 6.92 Å². The third-order valence-electron chi connectivity index (χ3n) is 2.43. The van der Waals surface area contributed by atoms with E-state index in [4.69, 9.17) is 9.47 Å². The monoisotopic (exact) mass is 303 g/mol. The fourth-order valence-electron chi connectivity index (χ4n) is 1.05. The minimum Gasteiger partial charge on any atom is -1.00 e. The summed E-state index contributed by atoms with van der Waals surface area (Å²) in [6.45, 7) is 7.12. The highest BCUT2D eigenvalue weighted by atomic mass is 127. The van der Waals surface area contributed by atoms with E-state index in [1.165, 1.54) is 0 Å². The van der Waals surface area contributed by atoms with Gasteiger partial charge in [-0.1, -0.05) is 0 Å². The van der Waals surface area contributed by atoms with Gasteiger partial charge in [0.15, 0.2) is 0 Å². The van der Waals surface area contributed by atoms with Crippen LogP contribution in [0.25, 0.3) is 0 Å². The second-order valence-electron chi connectivity index (χ2n) is 3.37. The molecule has 0 N–H and O–H groups in total. The maximum atomic E-state index is 5.06. The second-order valence-corrected chi connectivity index (χ2v) is 3.37. The Morgan fingerprint density at radius 1 is 1.00 bits per heavy atom. The number of rotatable bonds is 7. The minimum atomic E-state index is 0. The van der Waals surface area contributed by atoms with Crippen molar-refractivity contribution in [2.75, 3.05) is 54.1 Å². The van der Waals surface area contributed by atoms with Crippen molar-refractivity contribution >= 4 is 0 Å². The number of quaternary nitrogens is 1. The van der Waals surface area contributed by atoms with E-state index < -0.39 is 0 Å². The number of hydrogen-bond acceptors (Lipinski definition) is 2. The Balaban J connectivity index is 0. The van der Waals surface area contributed by atoms with E-state index in [0.717, 1.165) is 37.3 Å². The van der Waals surface area contributed by atoms with Crippen LogP contribution in [0.1, 0.15) is 6.92 Å². The number of likely N-dealkylation sites (N-methyl/N-ethyl adjacent to an activating group) is 1. The summed E-state index contributed by atoms with van der Waals surface area (Å²) >= 11 is 0. The Labute approximate surface area is 99.0 Å². The van der Waals surface area contributed by atoms with Crippen LogP contribution < -0.4 is 24.0 Å². The summed E-state index contributed by atoms with van der Waals surface area (Å²) in [5.74, 6) is 0. The maximum absolute atomic E-state index is 5.06. The van der Waals surface area contributed by atoms with Gasteiger partial charge in [-0.05, 0) is 6.92 Å². The number of hydrogen-bond donors (Lipinski definition) is 0. The smallest absolute Gasteiger partial charge is 0.102 e. The summed E-state index contributed by atoms with van der Waals surface area (Å²) in [5.41, 5.74) is 0. The van der Waals surface area contributed by atoms with Crippen LogP contribution in [0, 0.1) is 0 Å². The Kier molecular flexibility index (Phi) is 11.3. The summed E-state index contributed by atoms with van der Waals surface area (Å²) in [6, 6.07) is 0. The number of ether oxygens (including phenoxy) is 2. The topological polar surface area (TPSA) is 18.5 Å². The second kappa shape index (κ2) is 9.18. The van der Waals surface area contributed by atoms with E-state index in [-0.39, 0.29) is 24.0 Å². The summed E-state index contributed by atoms with van der Waals surface area (Å²) in [6.07, 6.45) is 0. The van der Waals surface area contributed by atoms with E-state index >= 15 is 0 Å². The zero-order valence-electron chi connectivity index (χ0n) is 9.18. The van der Waals surface area contributed by atoms with Gasteiger partial charge in [0.25, 0.3) is 0 Å². The molecule has 0 radical (unpaired) electrons. The Hall–Kier alpha value is 0.610. The molecule has 0 aromatic rings. The summed E-state index contributed by atoms with van der Waals surface area (Å²) < 4.78 is 11.2. The number of nitrogens with zero attached hydrogens (tertiary/aromatic N) is 1. The van der Waals surface area contributed by atoms with Crippen LogP contribution in [0.5, 0.6) is 0 Å². The molecule has 0 aromatic carbocycles. The standard InChI is InChI=1S/C9H22NO2.HI/c1-5-10(2,6-8-11-3)7-9-12-4;/h5-9H2,1-4H3;1H/q+1;/p-1. The van der Waals surface area contributed by atoms with Crippen molar-refractivity contribution in [1.82, 2.24) is 0 Å². The van der Waals surface area contributed by atoms with Crippen LogP contribution in [0.3, 0.4) is 0 Å². The lowest BCUT2D eigenvalue weighted by molar-refractivity contribution is -0.908. The van der Waals surface area contributed by atoms with Crippen molar-refractivity contribution in [2.24, 2.45) is 0 Å². The normalized spacial score (nSPS) is 11.1. The zero-order chi connectivity index (χ0) is 9.45. The molecule has 0 rings (SSSR count). The van der Waals surface area contributed by atoms with Gasteiger partial charge in [0.05, 0.1) is 26.8 Å².